The van der Waals surface area contributed by atoms with Gasteiger partial charge >= 0.3 is 0 Å². The average molecular weight is 274 g/mol. The maximum atomic E-state index is 12.7. The van der Waals surface area contributed by atoms with E-state index in [1.54, 1.807) is 0 Å². The second kappa shape index (κ2) is 5.83. The van der Waals surface area contributed by atoms with Crippen molar-refractivity contribution < 1.29 is 9.53 Å². The number of benzene rings is 1. The maximum Gasteiger partial charge on any atom is 0.233 e. The summed E-state index contributed by atoms with van der Waals surface area (Å²) in [5.41, 5.74) is 1.05. The standard InChI is InChI=1S/C16H22N2O2/c1-2-17-12-7-9-18(10-8-12)16(19)14-11-20-15-6-4-3-5-13(14)15/h3-6,12,14,17H,2,7-11H2,1H3. The van der Waals surface area contributed by atoms with Crippen molar-refractivity contribution in [1.29, 1.82) is 0 Å². The van der Waals surface area contributed by atoms with Gasteiger partial charge in [-0.2, -0.15) is 0 Å². The zero-order valence-electron chi connectivity index (χ0n) is 12.0. The number of para-hydroxylation sites is 1. The summed E-state index contributed by atoms with van der Waals surface area (Å²) in [5, 5.41) is 3.47. The van der Waals surface area contributed by atoms with E-state index in [9.17, 15) is 4.79 Å². The first kappa shape index (κ1) is 13.4. The van der Waals surface area contributed by atoms with Crippen LogP contribution in [0.5, 0.6) is 5.75 Å². The van der Waals surface area contributed by atoms with Crippen LogP contribution in [0.3, 0.4) is 0 Å². The van der Waals surface area contributed by atoms with Crippen molar-refractivity contribution >= 4 is 5.91 Å². The van der Waals surface area contributed by atoms with Gasteiger partial charge in [0.15, 0.2) is 0 Å². The predicted octanol–water partition coefficient (Wildman–Crippen LogP) is 1.76. The molecule has 2 heterocycles. The number of fused-ring (bicyclic) bond motifs is 1. The maximum absolute atomic E-state index is 12.7. The lowest BCUT2D eigenvalue weighted by molar-refractivity contribution is -0.134. The molecule has 1 unspecified atom stereocenters. The molecule has 4 heteroatoms. The quantitative estimate of drug-likeness (QED) is 0.913. The molecule has 1 aromatic carbocycles. The number of hydrogen-bond donors (Lipinski definition) is 1. The number of hydrogen-bond acceptors (Lipinski definition) is 3. The van der Waals surface area contributed by atoms with Gasteiger partial charge in [0.1, 0.15) is 18.3 Å². The highest BCUT2D eigenvalue weighted by Crippen LogP contribution is 2.35. The number of nitrogens with one attached hydrogen (secondary N) is 1. The summed E-state index contributed by atoms with van der Waals surface area (Å²) in [4.78, 5) is 14.7. The Balaban J connectivity index is 1.64. The largest absolute Gasteiger partial charge is 0.492 e. The molecular weight excluding hydrogens is 252 g/mol. The SMILES string of the molecule is CCNC1CCN(C(=O)C2COc3ccccc32)CC1. The molecule has 0 aromatic heterocycles. The molecule has 1 atom stereocenters. The van der Waals surface area contributed by atoms with E-state index in [-0.39, 0.29) is 11.8 Å². The minimum absolute atomic E-state index is 0.109. The first-order valence-corrected chi connectivity index (χ1v) is 7.53. The number of carbonyl (C=O) groups is 1. The van der Waals surface area contributed by atoms with E-state index in [1.165, 1.54) is 0 Å². The zero-order valence-corrected chi connectivity index (χ0v) is 12.0. The molecule has 0 spiro atoms. The lowest BCUT2D eigenvalue weighted by Crippen LogP contribution is -2.46. The number of rotatable bonds is 3. The molecule has 0 aliphatic carbocycles. The van der Waals surface area contributed by atoms with Crippen molar-refractivity contribution in [3.8, 4) is 5.75 Å². The van der Waals surface area contributed by atoms with Gasteiger partial charge in [0.25, 0.3) is 0 Å². The molecular formula is C16H22N2O2. The molecule has 108 valence electrons. The molecule has 2 aliphatic rings. The van der Waals surface area contributed by atoms with Crippen molar-refractivity contribution in [3.63, 3.8) is 0 Å². The van der Waals surface area contributed by atoms with Crippen LogP contribution in [0, 0.1) is 0 Å². The van der Waals surface area contributed by atoms with E-state index in [0.717, 1.165) is 43.8 Å². The molecule has 4 nitrogen and oxygen atoms in total. The molecule has 3 rings (SSSR count). The molecule has 2 aliphatic heterocycles. The van der Waals surface area contributed by atoms with Crippen LogP contribution in [-0.4, -0.2) is 43.1 Å². The number of piperidine rings is 1. The highest BCUT2D eigenvalue weighted by molar-refractivity contribution is 5.85. The van der Waals surface area contributed by atoms with Gasteiger partial charge < -0.3 is 15.0 Å². The van der Waals surface area contributed by atoms with E-state index in [4.69, 9.17) is 4.74 Å². The number of likely N-dealkylation sites (tertiary alicyclic amines) is 1. The second-order valence-corrected chi connectivity index (χ2v) is 5.56. The molecule has 0 saturated carbocycles. The topological polar surface area (TPSA) is 41.6 Å². The summed E-state index contributed by atoms with van der Waals surface area (Å²) in [5.74, 6) is 0.986. The number of amides is 1. The minimum Gasteiger partial charge on any atom is -0.492 e. The molecule has 1 N–H and O–H groups in total. The summed E-state index contributed by atoms with van der Waals surface area (Å²) in [7, 11) is 0. The van der Waals surface area contributed by atoms with Crippen molar-refractivity contribution in [1.82, 2.24) is 10.2 Å². The molecule has 1 fully saturated rings. The van der Waals surface area contributed by atoms with Gasteiger partial charge in [-0.25, -0.2) is 0 Å². The third-order valence-corrected chi connectivity index (χ3v) is 4.30. The van der Waals surface area contributed by atoms with Gasteiger partial charge in [-0.15, -0.1) is 0 Å². The molecule has 1 aromatic rings. The van der Waals surface area contributed by atoms with Crippen LogP contribution >= 0.6 is 0 Å². The van der Waals surface area contributed by atoms with Gasteiger partial charge in [0.2, 0.25) is 5.91 Å². The van der Waals surface area contributed by atoms with Crippen molar-refractivity contribution in [2.24, 2.45) is 0 Å². The Morgan fingerprint density at radius 1 is 1.35 bits per heavy atom. The highest BCUT2D eigenvalue weighted by Gasteiger charge is 2.34. The van der Waals surface area contributed by atoms with Crippen molar-refractivity contribution in [3.05, 3.63) is 29.8 Å². The lowest BCUT2D eigenvalue weighted by atomic mass is 9.97. The fourth-order valence-corrected chi connectivity index (χ4v) is 3.18. The Morgan fingerprint density at radius 3 is 2.85 bits per heavy atom. The molecule has 20 heavy (non-hydrogen) atoms. The minimum atomic E-state index is -0.109. The Morgan fingerprint density at radius 2 is 2.10 bits per heavy atom. The van der Waals surface area contributed by atoms with Crippen LogP contribution in [0.1, 0.15) is 31.2 Å². The summed E-state index contributed by atoms with van der Waals surface area (Å²) in [6.45, 7) is 5.34. The third-order valence-electron chi connectivity index (χ3n) is 4.30. The average Bonchev–Trinajstić information content (AvgIpc) is 2.92. The smallest absolute Gasteiger partial charge is 0.233 e. The van der Waals surface area contributed by atoms with E-state index < -0.39 is 0 Å². The molecule has 1 saturated heterocycles. The Bertz CT molecular complexity index is 481. The van der Waals surface area contributed by atoms with Gasteiger partial charge in [-0.05, 0) is 25.5 Å². The summed E-state index contributed by atoms with van der Waals surface area (Å²) in [6, 6.07) is 8.45. The van der Waals surface area contributed by atoms with Gasteiger partial charge in [-0.1, -0.05) is 25.1 Å². The van der Waals surface area contributed by atoms with Crippen LogP contribution in [0.2, 0.25) is 0 Å². The van der Waals surface area contributed by atoms with Crippen LogP contribution in [-0.2, 0) is 4.79 Å². The Kier molecular flexibility index (Phi) is 3.92. The third kappa shape index (κ3) is 2.52. The Labute approximate surface area is 120 Å². The highest BCUT2D eigenvalue weighted by atomic mass is 16.5. The van der Waals surface area contributed by atoms with Crippen LogP contribution < -0.4 is 10.1 Å². The summed E-state index contributed by atoms with van der Waals surface area (Å²) >= 11 is 0. The Hall–Kier alpha value is -1.55. The number of ether oxygens (including phenoxy) is 1. The van der Waals surface area contributed by atoms with Crippen LogP contribution in [0.15, 0.2) is 24.3 Å². The van der Waals surface area contributed by atoms with Gasteiger partial charge in [0, 0.05) is 24.7 Å². The van der Waals surface area contributed by atoms with E-state index in [2.05, 4.69) is 12.2 Å². The molecule has 1 amide bonds. The van der Waals surface area contributed by atoms with Crippen LogP contribution in [0.25, 0.3) is 0 Å². The van der Waals surface area contributed by atoms with Crippen molar-refractivity contribution in [2.45, 2.75) is 31.7 Å². The monoisotopic (exact) mass is 274 g/mol. The van der Waals surface area contributed by atoms with E-state index in [0.29, 0.717) is 12.6 Å². The lowest BCUT2D eigenvalue weighted by Gasteiger charge is -2.33. The van der Waals surface area contributed by atoms with Crippen molar-refractivity contribution in [2.75, 3.05) is 26.2 Å². The van der Waals surface area contributed by atoms with E-state index >= 15 is 0 Å². The first-order chi connectivity index (χ1) is 9.79. The zero-order chi connectivity index (χ0) is 13.9. The second-order valence-electron chi connectivity index (χ2n) is 5.56. The predicted molar refractivity (Wildman–Crippen MR) is 78.0 cm³/mol. The summed E-state index contributed by atoms with van der Waals surface area (Å²) < 4.78 is 5.62. The van der Waals surface area contributed by atoms with Crippen LogP contribution in [0.4, 0.5) is 0 Å². The fraction of sp³-hybridized carbons (Fsp3) is 0.562. The number of nitrogens with zero attached hydrogens (tertiary/aromatic N) is 1. The molecule has 0 radical (unpaired) electrons. The van der Waals surface area contributed by atoms with Gasteiger partial charge in [-0.3, -0.25) is 4.79 Å². The first-order valence-electron chi connectivity index (χ1n) is 7.53. The fourth-order valence-electron chi connectivity index (χ4n) is 3.18. The normalized spacial score (nSPS) is 22.4. The van der Waals surface area contributed by atoms with E-state index in [1.807, 2.05) is 29.2 Å². The van der Waals surface area contributed by atoms with Gasteiger partial charge in [0.05, 0.1) is 0 Å². The number of carbonyl (C=O) groups excluding carboxylic acids is 1. The molecule has 0 bridgehead atoms. The summed E-state index contributed by atoms with van der Waals surface area (Å²) in [6.07, 6.45) is 2.10.